The normalized spacial score (nSPS) is 20.7. The summed E-state index contributed by atoms with van der Waals surface area (Å²) in [5, 5.41) is 8.57. The maximum absolute atomic E-state index is 14.0. The second-order valence-electron chi connectivity index (χ2n) is 10.7. The second kappa shape index (κ2) is 12.4. The maximum Gasteiger partial charge on any atom is 0.490 e. The van der Waals surface area contributed by atoms with Gasteiger partial charge in [-0.15, -0.1) is 11.8 Å². The molecule has 43 heavy (non-hydrogen) atoms. The molecule has 11 nitrogen and oxygen atoms in total. The number of ether oxygens (including phenoxy) is 2. The summed E-state index contributed by atoms with van der Waals surface area (Å²) < 4.78 is 53.6. The third kappa shape index (κ3) is 6.56. The number of oxazole rings is 1. The third-order valence-electron chi connectivity index (χ3n) is 7.09. The van der Waals surface area contributed by atoms with Gasteiger partial charge in [-0.2, -0.15) is 13.2 Å². The minimum Gasteiger partial charge on any atom is -0.480 e. The van der Waals surface area contributed by atoms with E-state index in [1.807, 2.05) is 0 Å². The lowest BCUT2D eigenvalue weighted by Crippen LogP contribution is -2.65. The first kappa shape index (κ1) is 32.1. The predicted octanol–water partition coefficient (Wildman–Crippen LogP) is 4.73. The molecule has 1 fully saturated rings. The van der Waals surface area contributed by atoms with Crippen LogP contribution in [0.2, 0.25) is 0 Å². The molecular weight excluding hydrogens is 595 g/mol. The van der Waals surface area contributed by atoms with E-state index in [1.54, 1.807) is 37.3 Å². The topological polar surface area (TPSA) is 139 Å². The number of esters is 1. The number of fused-ring (bicyclic) bond motifs is 1. The van der Waals surface area contributed by atoms with E-state index >= 15 is 0 Å². The van der Waals surface area contributed by atoms with Crippen LogP contribution in [0.5, 0.6) is 0 Å². The number of carbonyl (C=O) groups excluding carboxylic acids is 3. The van der Waals surface area contributed by atoms with Crippen molar-refractivity contribution in [2.24, 2.45) is 5.92 Å². The lowest BCUT2D eigenvalue weighted by Gasteiger charge is -2.45. The Labute approximate surface area is 249 Å². The number of carboxylic acids is 1. The van der Waals surface area contributed by atoms with E-state index in [1.165, 1.54) is 49.9 Å². The van der Waals surface area contributed by atoms with Crippen LogP contribution in [0.25, 0.3) is 0 Å². The number of hydrogen-bond donors (Lipinski definition) is 1. The molecule has 15 heteroatoms. The molecule has 3 unspecified atom stereocenters. The van der Waals surface area contributed by atoms with Crippen LogP contribution < -0.4 is 0 Å². The van der Waals surface area contributed by atoms with Crippen molar-refractivity contribution in [1.82, 2.24) is 14.8 Å². The minimum atomic E-state index is -5.12. The van der Waals surface area contributed by atoms with Gasteiger partial charge in [-0.25, -0.2) is 24.3 Å². The van der Waals surface area contributed by atoms with Gasteiger partial charge >= 0.3 is 24.1 Å². The van der Waals surface area contributed by atoms with Crippen LogP contribution in [0.4, 0.5) is 18.0 Å². The largest absolute Gasteiger partial charge is 0.490 e. The number of imide groups is 1. The van der Waals surface area contributed by atoms with Crippen LogP contribution >= 0.6 is 11.8 Å². The maximum atomic E-state index is 14.0. The zero-order valence-electron chi connectivity index (χ0n) is 23.7. The Morgan fingerprint density at radius 3 is 2.42 bits per heavy atom. The summed E-state index contributed by atoms with van der Waals surface area (Å²) in [6.07, 6.45) is -3.14. The van der Waals surface area contributed by atoms with Gasteiger partial charge in [-0.05, 0) is 31.9 Å². The number of urea groups is 1. The Morgan fingerprint density at radius 2 is 1.84 bits per heavy atom. The number of rotatable bonds is 11. The molecule has 2 aromatic rings. The molecule has 0 spiro atoms. The monoisotopic (exact) mass is 625 g/mol. The number of nitrogens with zero attached hydrogens (tertiary/aromatic N) is 3. The highest BCUT2D eigenvalue weighted by Crippen LogP contribution is 2.52. The zero-order valence-corrected chi connectivity index (χ0v) is 24.5. The summed E-state index contributed by atoms with van der Waals surface area (Å²) in [4.78, 5) is 57.3. The number of aliphatic carboxylic acids is 1. The van der Waals surface area contributed by atoms with Crippen LogP contribution in [0.1, 0.15) is 50.5 Å². The number of halogens is 3. The first-order chi connectivity index (χ1) is 20.1. The first-order valence-corrected chi connectivity index (χ1v) is 14.1. The average Bonchev–Trinajstić information content (AvgIpc) is 3.59. The molecule has 1 N–H and O–H groups in total. The SMILES string of the molecule is CC1=C2C(=O)N(C(C)(C)C(=O)O)C(=O)N(C[C@H](OCC(C)COC(=O)C(F)(F)F)c3ccccc3)C2SC1c1ncco1. The number of aromatic nitrogens is 1. The Bertz CT molecular complexity index is 1400. The van der Waals surface area contributed by atoms with E-state index in [-0.39, 0.29) is 18.7 Å². The van der Waals surface area contributed by atoms with Gasteiger partial charge in [-0.3, -0.25) is 4.79 Å². The summed E-state index contributed by atoms with van der Waals surface area (Å²) in [7, 11) is 0. The van der Waals surface area contributed by atoms with E-state index in [0.29, 0.717) is 21.9 Å². The van der Waals surface area contributed by atoms with Gasteiger partial charge in [0.1, 0.15) is 28.5 Å². The fraction of sp³-hybridized carbons (Fsp3) is 0.464. The van der Waals surface area contributed by atoms with Crippen molar-refractivity contribution in [3.8, 4) is 0 Å². The molecule has 1 aromatic heterocycles. The van der Waals surface area contributed by atoms with Crippen molar-refractivity contribution in [2.75, 3.05) is 19.8 Å². The van der Waals surface area contributed by atoms with Crippen molar-refractivity contribution in [2.45, 2.75) is 56.1 Å². The lowest BCUT2D eigenvalue weighted by molar-refractivity contribution is -0.201. The molecule has 1 aromatic carbocycles. The number of hydrogen-bond acceptors (Lipinski definition) is 9. The van der Waals surface area contributed by atoms with E-state index in [4.69, 9.17) is 9.15 Å². The molecular formula is C28H30F3N3O8S. The fourth-order valence-electron chi connectivity index (χ4n) is 4.67. The molecule has 0 aliphatic carbocycles. The summed E-state index contributed by atoms with van der Waals surface area (Å²) in [5.41, 5.74) is -0.508. The molecule has 0 radical (unpaired) electrons. The number of carboxylic acid groups (broad SMARTS) is 1. The van der Waals surface area contributed by atoms with Crippen molar-refractivity contribution < 1.29 is 51.3 Å². The van der Waals surface area contributed by atoms with Crippen LogP contribution in [0.3, 0.4) is 0 Å². The first-order valence-electron chi connectivity index (χ1n) is 13.2. The molecule has 4 rings (SSSR count). The fourth-order valence-corrected chi connectivity index (χ4v) is 6.24. The molecule has 0 saturated carbocycles. The van der Waals surface area contributed by atoms with Gasteiger partial charge in [0.15, 0.2) is 0 Å². The van der Waals surface area contributed by atoms with Crippen molar-refractivity contribution in [1.29, 1.82) is 0 Å². The lowest BCUT2D eigenvalue weighted by atomic mass is 9.96. The molecule has 0 bridgehead atoms. The standard InChI is InChI=1S/C28H30F3N3O8S/c1-15(14-42-25(38)28(29,30)31)13-41-18(17-8-6-5-7-9-17)12-33-23-19(16(2)20(43-23)21-32-10-11-40-21)22(35)34(26(33)39)27(3,4)24(36)37/h5-11,15,18,20,23H,12-14H2,1-4H3,(H,36,37)/t15?,18-,20?,23?/m0/s1. The van der Waals surface area contributed by atoms with E-state index in [0.717, 1.165) is 0 Å². The molecule has 3 heterocycles. The Balaban J connectivity index is 1.65. The summed E-state index contributed by atoms with van der Waals surface area (Å²) in [6.45, 7) is 4.89. The number of carbonyl (C=O) groups is 4. The van der Waals surface area contributed by atoms with Crippen molar-refractivity contribution in [3.63, 3.8) is 0 Å². The zero-order chi connectivity index (χ0) is 31.7. The quantitative estimate of drug-likeness (QED) is 0.349. The van der Waals surface area contributed by atoms with Gasteiger partial charge in [-0.1, -0.05) is 37.3 Å². The number of benzene rings is 1. The second-order valence-corrected chi connectivity index (χ2v) is 11.9. The van der Waals surface area contributed by atoms with Gasteiger partial charge in [0.25, 0.3) is 5.91 Å². The van der Waals surface area contributed by atoms with Crippen molar-refractivity contribution in [3.05, 3.63) is 65.4 Å². The molecule has 3 amide bonds. The van der Waals surface area contributed by atoms with Crippen molar-refractivity contribution >= 4 is 35.6 Å². The highest BCUT2D eigenvalue weighted by molar-refractivity contribution is 8.00. The van der Waals surface area contributed by atoms with E-state index < -0.39 is 64.8 Å². The van der Waals surface area contributed by atoms with E-state index in [2.05, 4.69) is 9.72 Å². The number of thioether (sulfide) groups is 1. The molecule has 2 aliphatic heterocycles. The number of amides is 3. The van der Waals surface area contributed by atoms with Gasteiger partial charge in [0.2, 0.25) is 5.89 Å². The van der Waals surface area contributed by atoms with Gasteiger partial charge in [0.05, 0.1) is 31.5 Å². The summed E-state index contributed by atoms with van der Waals surface area (Å²) >= 11 is 1.23. The molecule has 1 saturated heterocycles. The Kier molecular flexibility index (Phi) is 9.25. The number of alkyl halides is 3. The minimum absolute atomic E-state index is 0.144. The molecule has 2 aliphatic rings. The highest BCUT2D eigenvalue weighted by Gasteiger charge is 2.55. The Hall–Kier alpha value is -3.85. The average molecular weight is 626 g/mol. The van der Waals surface area contributed by atoms with Crippen LogP contribution in [0.15, 0.2) is 58.4 Å². The van der Waals surface area contributed by atoms with Gasteiger partial charge in [0, 0.05) is 5.92 Å². The third-order valence-corrected chi connectivity index (χ3v) is 8.66. The summed E-state index contributed by atoms with van der Waals surface area (Å²) in [6, 6.07) is 7.85. The summed E-state index contributed by atoms with van der Waals surface area (Å²) in [5.74, 6) is -4.77. The smallest absolute Gasteiger partial charge is 0.480 e. The van der Waals surface area contributed by atoms with Crippen LogP contribution in [-0.4, -0.2) is 80.6 Å². The molecule has 4 atom stereocenters. The van der Waals surface area contributed by atoms with Gasteiger partial charge < -0.3 is 23.9 Å². The predicted molar refractivity (Wildman–Crippen MR) is 145 cm³/mol. The van der Waals surface area contributed by atoms with E-state index in [9.17, 15) is 37.5 Å². The highest BCUT2D eigenvalue weighted by atomic mass is 32.2. The molecule has 232 valence electrons. The van der Waals surface area contributed by atoms with Crippen LogP contribution in [0, 0.1) is 5.92 Å². The van der Waals surface area contributed by atoms with Crippen LogP contribution in [-0.2, 0) is 23.9 Å². The Morgan fingerprint density at radius 1 is 1.16 bits per heavy atom.